The lowest BCUT2D eigenvalue weighted by atomic mass is 9.82. The first-order valence-corrected chi connectivity index (χ1v) is 14.9. The number of allylic oxidation sites excluding steroid dienone is 1. The Morgan fingerprint density at radius 3 is 1.56 bits per heavy atom. The van der Waals surface area contributed by atoms with Crippen LogP contribution >= 0.6 is 0 Å². The quantitative estimate of drug-likeness (QED) is 0.201. The van der Waals surface area contributed by atoms with E-state index in [1.54, 1.807) is 0 Å². The predicted molar refractivity (Wildman–Crippen MR) is 187 cm³/mol. The van der Waals surface area contributed by atoms with Gasteiger partial charge >= 0.3 is 0 Å². The molecule has 202 valence electrons. The minimum absolute atomic E-state index is 1.16. The summed E-state index contributed by atoms with van der Waals surface area (Å²) in [7, 11) is 0. The summed E-state index contributed by atoms with van der Waals surface area (Å²) in [5, 5.41) is 5.16. The molecule has 7 aromatic carbocycles. The van der Waals surface area contributed by atoms with E-state index in [-0.39, 0.29) is 0 Å². The van der Waals surface area contributed by atoms with Gasteiger partial charge < -0.3 is 0 Å². The van der Waals surface area contributed by atoms with Gasteiger partial charge in [-0.3, -0.25) is 0 Å². The van der Waals surface area contributed by atoms with E-state index < -0.39 is 0 Å². The van der Waals surface area contributed by atoms with Crippen molar-refractivity contribution >= 4 is 33.7 Å². The van der Waals surface area contributed by atoms with Crippen LogP contribution in [0.5, 0.6) is 0 Å². The third kappa shape index (κ3) is 3.77. The average Bonchev–Trinajstić information content (AvgIpc) is 3.39. The van der Waals surface area contributed by atoms with Crippen LogP contribution in [0.1, 0.15) is 18.1 Å². The zero-order valence-corrected chi connectivity index (χ0v) is 24.1. The van der Waals surface area contributed by atoms with Gasteiger partial charge in [-0.2, -0.15) is 0 Å². The van der Waals surface area contributed by atoms with Gasteiger partial charge in [0.15, 0.2) is 0 Å². The van der Waals surface area contributed by atoms with Crippen molar-refractivity contribution in [1.29, 1.82) is 0 Å². The lowest BCUT2D eigenvalue weighted by molar-refractivity contribution is 1.58. The van der Waals surface area contributed by atoms with Crippen molar-refractivity contribution in [2.75, 3.05) is 0 Å². The number of benzene rings is 7. The van der Waals surface area contributed by atoms with E-state index >= 15 is 0 Å². The highest BCUT2D eigenvalue weighted by atomic mass is 14.3. The van der Waals surface area contributed by atoms with Crippen LogP contribution in [0.25, 0.3) is 89.3 Å². The molecule has 0 spiro atoms. The van der Waals surface area contributed by atoms with E-state index in [9.17, 15) is 0 Å². The molecule has 0 N–H and O–H groups in total. The molecule has 0 aliphatic heterocycles. The average molecular weight is 547 g/mol. The SMILES string of the molecule is C=Cc1c(/C=C\C)cccc1-c1ccc2c3c(cccc13)-c1c-2c(-c2ccccc2)c2ccccc2c1-c1ccccc1. The lowest BCUT2D eigenvalue weighted by Crippen LogP contribution is -1.93. The maximum atomic E-state index is 4.21. The summed E-state index contributed by atoms with van der Waals surface area (Å²) in [5.74, 6) is 0. The summed E-state index contributed by atoms with van der Waals surface area (Å²) in [6, 6.07) is 48.8. The molecule has 0 saturated carbocycles. The molecule has 0 radical (unpaired) electrons. The molecule has 0 saturated heterocycles. The van der Waals surface area contributed by atoms with E-state index in [1.807, 2.05) is 6.08 Å². The van der Waals surface area contributed by atoms with Gasteiger partial charge in [-0.25, -0.2) is 0 Å². The number of fused-ring (bicyclic) bond motifs is 4. The van der Waals surface area contributed by atoms with Gasteiger partial charge in [0, 0.05) is 0 Å². The van der Waals surface area contributed by atoms with E-state index in [1.165, 1.54) is 82.7 Å². The minimum Gasteiger partial charge on any atom is -0.0984 e. The Morgan fingerprint density at radius 1 is 0.442 bits per heavy atom. The van der Waals surface area contributed by atoms with Crippen molar-refractivity contribution in [2.45, 2.75) is 6.92 Å². The van der Waals surface area contributed by atoms with E-state index in [4.69, 9.17) is 0 Å². The molecular formula is C43H30. The Bertz CT molecular complexity index is 2140. The van der Waals surface area contributed by atoms with Gasteiger partial charge in [-0.05, 0) is 95.2 Å². The van der Waals surface area contributed by atoms with E-state index in [0.717, 1.165) is 5.56 Å². The van der Waals surface area contributed by atoms with E-state index in [2.05, 4.69) is 159 Å². The molecule has 0 amide bonds. The standard InChI is InChI=1S/C43H30/c1-3-15-28-20-13-23-32(31(28)4-2)33-26-27-38-41-34(33)24-14-25-37(41)42-39(29-16-7-5-8-17-29)35-21-11-12-22-36(35)40(43(38)42)30-18-9-6-10-19-30/h3-27H,2H2,1H3/b15-3-. The molecule has 1 aliphatic rings. The molecule has 0 bridgehead atoms. The van der Waals surface area contributed by atoms with Gasteiger partial charge in [0.2, 0.25) is 0 Å². The maximum absolute atomic E-state index is 4.21. The molecule has 0 nitrogen and oxygen atoms in total. The molecular weight excluding hydrogens is 516 g/mol. The molecule has 0 fully saturated rings. The predicted octanol–water partition coefficient (Wildman–Crippen LogP) is 12.3. The highest BCUT2D eigenvalue weighted by molar-refractivity contribution is 6.28. The molecule has 0 atom stereocenters. The second-order valence-corrected chi connectivity index (χ2v) is 11.2. The Labute approximate surface area is 252 Å². The number of hydrogen-bond donors (Lipinski definition) is 0. The van der Waals surface area contributed by atoms with Crippen LogP contribution in [-0.2, 0) is 0 Å². The van der Waals surface area contributed by atoms with Gasteiger partial charge in [0.1, 0.15) is 0 Å². The molecule has 0 heterocycles. The number of rotatable bonds is 5. The highest BCUT2D eigenvalue weighted by Gasteiger charge is 2.31. The van der Waals surface area contributed by atoms with Gasteiger partial charge in [-0.1, -0.05) is 158 Å². The summed E-state index contributed by atoms with van der Waals surface area (Å²) in [6.07, 6.45) is 6.26. The van der Waals surface area contributed by atoms with Crippen LogP contribution in [0, 0.1) is 0 Å². The summed E-state index contributed by atoms with van der Waals surface area (Å²) < 4.78 is 0. The largest absolute Gasteiger partial charge is 0.0984 e. The van der Waals surface area contributed by atoms with Crippen molar-refractivity contribution in [3.63, 3.8) is 0 Å². The highest BCUT2D eigenvalue weighted by Crippen LogP contribution is 2.58. The van der Waals surface area contributed by atoms with Gasteiger partial charge in [0.25, 0.3) is 0 Å². The fourth-order valence-electron chi connectivity index (χ4n) is 7.22. The molecule has 0 heteroatoms. The topological polar surface area (TPSA) is 0 Å². The molecule has 0 aromatic heterocycles. The fraction of sp³-hybridized carbons (Fsp3) is 0.0233. The number of hydrogen-bond acceptors (Lipinski definition) is 0. The summed E-state index contributed by atoms with van der Waals surface area (Å²) in [4.78, 5) is 0. The molecule has 1 aliphatic carbocycles. The molecule has 7 aromatic rings. The Hall–Kier alpha value is -5.46. The van der Waals surface area contributed by atoms with Crippen LogP contribution in [0.3, 0.4) is 0 Å². The monoisotopic (exact) mass is 546 g/mol. The van der Waals surface area contributed by atoms with Crippen molar-refractivity contribution in [1.82, 2.24) is 0 Å². The second-order valence-electron chi connectivity index (χ2n) is 11.2. The van der Waals surface area contributed by atoms with Crippen molar-refractivity contribution in [3.05, 3.63) is 157 Å². The van der Waals surface area contributed by atoms with Crippen LogP contribution in [0.2, 0.25) is 0 Å². The van der Waals surface area contributed by atoms with Crippen LogP contribution in [0.4, 0.5) is 0 Å². The zero-order valence-electron chi connectivity index (χ0n) is 24.1. The van der Waals surface area contributed by atoms with Crippen molar-refractivity contribution in [3.8, 4) is 55.6 Å². The molecule has 8 rings (SSSR count). The van der Waals surface area contributed by atoms with Crippen molar-refractivity contribution < 1.29 is 0 Å². The summed E-state index contributed by atoms with van der Waals surface area (Å²) in [6.45, 7) is 6.27. The zero-order chi connectivity index (χ0) is 28.9. The normalized spacial score (nSPS) is 11.8. The van der Waals surface area contributed by atoms with Crippen molar-refractivity contribution in [2.24, 2.45) is 0 Å². The fourth-order valence-corrected chi connectivity index (χ4v) is 7.22. The Kier molecular flexibility index (Phi) is 5.94. The third-order valence-electron chi connectivity index (χ3n) is 8.90. The molecule has 0 unspecified atom stereocenters. The Balaban J connectivity index is 1.54. The van der Waals surface area contributed by atoms with Gasteiger partial charge in [0.05, 0.1) is 0 Å². The van der Waals surface area contributed by atoms with Gasteiger partial charge in [-0.15, -0.1) is 0 Å². The van der Waals surface area contributed by atoms with Crippen LogP contribution in [0.15, 0.2) is 146 Å². The molecule has 43 heavy (non-hydrogen) atoms. The first-order chi connectivity index (χ1) is 21.3. The smallest absolute Gasteiger partial charge is 0.000741 e. The van der Waals surface area contributed by atoms with Crippen LogP contribution in [-0.4, -0.2) is 0 Å². The van der Waals surface area contributed by atoms with E-state index in [0.29, 0.717) is 0 Å². The maximum Gasteiger partial charge on any atom is -0.000741 e. The lowest BCUT2D eigenvalue weighted by Gasteiger charge is -2.20. The summed E-state index contributed by atoms with van der Waals surface area (Å²) in [5.41, 5.74) is 15.1. The first-order valence-electron chi connectivity index (χ1n) is 14.9. The minimum atomic E-state index is 1.16. The summed E-state index contributed by atoms with van der Waals surface area (Å²) >= 11 is 0. The first kappa shape index (κ1) is 25.3. The van der Waals surface area contributed by atoms with Crippen LogP contribution < -0.4 is 0 Å². The second kappa shape index (κ2) is 10.1. The Morgan fingerprint density at radius 2 is 0.953 bits per heavy atom. The third-order valence-corrected chi connectivity index (χ3v) is 8.90.